The Labute approximate surface area is 113 Å². The Kier molecular flexibility index (Phi) is 6.38. The molecule has 0 radical (unpaired) electrons. The number of ether oxygens (including phenoxy) is 1. The lowest BCUT2D eigenvalue weighted by Crippen LogP contribution is -2.21. The van der Waals surface area contributed by atoms with Gasteiger partial charge < -0.3 is 20.1 Å². The summed E-state index contributed by atoms with van der Waals surface area (Å²) in [6.07, 6.45) is 0.829. The predicted octanol–water partition coefficient (Wildman–Crippen LogP) is 1.33. The molecule has 2 N–H and O–H groups in total. The molecule has 6 heteroatoms. The molecule has 1 heterocycles. The van der Waals surface area contributed by atoms with Crippen molar-refractivity contribution in [3.63, 3.8) is 0 Å². The first-order chi connectivity index (χ1) is 8.58. The maximum absolute atomic E-state index is 8.84. The number of rotatable bonds is 8. The number of aliphatic hydroxyl groups is 1. The SMILES string of the molecule is COc1nc(N(C)C)sc1CNCC(C)CCO. The topological polar surface area (TPSA) is 57.6 Å². The molecule has 0 aliphatic heterocycles. The van der Waals surface area contributed by atoms with Crippen LogP contribution < -0.4 is 15.0 Å². The number of nitrogens with zero attached hydrogens (tertiary/aromatic N) is 2. The summed E-state index contributed by atoms with van der Waals surface area (Å²) in [7, 11) is 5.59. The molecule has 0 saturated carbocycles. The third kappa shape index (κ3) is 4.44. The van der Waals surface area contributed by atoms with Crippen LogP contribution in [0.2, 0.25) is 0 Å². The van der Waals surface area contributed by atoms with Gasteiger partial charge in [-0.15, -0.1) is 0 Å². The van der Waals surface area contributed by atoms with E-state index in [1.165, 1.54) is 0 Å². The van der Waals surface area contributed by atoms with Crippen LogP contribution in [0.25, 0.3) is 0 Å². The normalized spacial score (nSPS) is 12.5. The van der Waals surface area contributed by atoms with Crippen LogP contribution in [0.5, 0.6) is 5.88 Å². The number of anilines is 1. The van der Waals surface area contributed by atoms with E-state index in [0.717, 1.165) is 29.5 Å². The zero-order chi connectivity index (χ0) is 13.5. The molecular formula is C12H23N3O2S. The van der Waals surface area contributed by atoms with Gasteiger partial charge in [0.2, 0.25) is 5.88 Å². The number of thiazole rings is 1. The Hall–Kier alpha value is -0.850. The Balaban J connectivity index is 2.50. The van der Waals surface area contributed by atoms with Crippen LogP contribution in [0.4, 0.5) is 5.13 Å². The summed E-state index contributed by atoms with van der Waals surface area (Å²) >= 11 is 1.64. The van der Waals surface area contributed by atoms with E-state index in [2.05, 4.69) is 17.2 Å². The molecule has 18 heavy (non-hydrogen) atoms. The summed E-state index contributed by atoms with van der Waals surface area (Å²) in [5.74, 6) is 1.17. The number of hydrogen-bond donors (Lipinski definition) is 2. The second-order valence-corrected chi connectivity index (χ2v) is 5.63. The predicted molar refractivity (Wildman–Crippen MR) is 75.6 cm³/mol. The fourth-order valence-corrected chi connectivity index (χ4v) is 2.46. The van der Waals surface area contributed by atoms with Crippen LogP contribution in [-0.4, -0.2) is 44.4 Å². The van der Waals surface area contributed by atoms with E-state index in [9.17, 15) is 0 Å². The molecule has 0 fully saturated rings. The first kappa shape index (κ1) is 15.2. The number of methoxy groups -OCH3 is 1. The van der Waals surface area contributed by atoms with Crippen molar-refractivity contribution in [3.8, 4) is 5.88 Å². The maximum Gasteiger partial charge on any atom is 0.230 e. The van der Waals surface area contributed by atoms with Gasteiger partial charge in [-0.3, -0.25) is 0 Å². The molecule has 0 bridgehead atoms. The molecule has 0 spiro atoms. The fraction of sp³-hybridized carbons (Fsp3) is 0.750. The van der Waals surface area contributed by atoms with Gasteiger partial charge >= 0.3 is 0 Å². The highest BCUT2D eigenvalue weighted by molar-refractivity contribution is 7.15. The molecule has 104 valence electrons. The van der Waals surface area contributed by atoms with Crippen molar-refractivity contribution in [3.05, 3.63) is 4.88 Å². The average Bonchev–Trinajstić information content (AvgIpc) is 2.73. The third-order valence-electron chi connectivity index (χ3n) is 2.63. The van der Waals surface area contributed by atoms with E-state index in [0.29, 0.717) is 11.8 Å². The highest BCUT2D eigenvalue weighted by Gasteiger charge is 2.12. The summed E-state index contributed by atoms with van der Waals surface area (Å²) in [6, 6.07) is 0. The van der Waals surface area contributed by atoms with Crippen LogP contribution in [0.15, 0.2) is 0 Å². The highest BCUT2D eigenvalue weighted by atomic mass is 32.1. The Bertz CT molecular complexity index is 355. The number of nitrogens with one attached hydrogen (secondary N) is 1. The van der Waals surface area contributed by atoms with Gasteiger partial charge in [-0.2, -0.15) is 4.98 Å². The van der Waals surface area contributed by atoms with Crippen LogP contribution in [-0.2, 0) is 6.54 Å². The van der Waals surface area contributed by atoms with Crippen molar-refractivity contribution >= 4 is 16.5 Å². The molecule has 1 atom stereocenters. The summed E-state index contributed by atoms with van der Waals surface area (Å²) in [5, 5.41) is 13.2. The standard InChI is InChI=1S/C12H23N3O2S/c1-9(5-6-16)7-13-8-10-11(17-4)14-12(18-10)15(2)3/h9,13,16H,5-8H2,1-4H3. The van der Waals surface area contributed by atoms with Gasteiger partial charge in [-0.05, 0) is 18.9 Å². The molecule has 0 aliphatic rings. The molecule has 5 nitrogen and oxygen atoms in total. The summed E-state index contributed by atoms with van der Waals surface area (Å²) < 4.78 is 5.27. The largest absolute Gasteiger partial charge is 0.480 e. The molecule has 1 unspecified atom stereocenters. The van der Waals surface area contributed by atoms with Crippen molar-refractivity contribution in [2.45, 2.75) is 19.9 Å². The quantitative estimate of drug-likeness (QED) is 0.748. The lowest BCUT2D eigenvalue weighted by atomic mass is 10.1. The van der Waals surface area contributed by atoms with Gasteiger partial charge in [-0.25, -0.2) is 0 Å². The lowest BCUT2D eigenvalue weighted by Gasteiger charge is -2.10. The smallest absolute Gasteiger partial charge is 0.230 e. The summed E-state index contributed by atoms with van der Waals surface area (Å²) in [5.41, 5.74) is 0. The summed E-state index contributed by atoms with van der Waals surface area (Å²) in [6.45, 7) is 4.01. The van der Waals surface area contributed by atoms with Crippen LogP contribution in [0.1, 0.15) is 18.2 Å². The second-order valence-electron chi connectivity index (χ2n) is 4.57. The molecule has 0 aromatic carbocycles. The molecule has 0 aliphatic carbocycles. The van der Waals surface area contributed by atoms with Gasteiger partial charge in [0.1, 0.15) is 0 Å². The second kappa shape index (κ2) is 7.56. The van der Waals surface area contributed by atoms with E-state index in [-0.39, 0.29) is 6.61 Å². The van der Waals surface area contributed by atoms with E-state index < -0.39 is 0 Å². The van der Waals surface area contributed by atoms with Crippen molar-refractivity contribution in [2.75, 3.05) is 39.3 Å². The number of hydrogen-bond acceptors (Lipinski definition) is 6. The van der Waals surface area contributed by atoms with Crippen LogP contribution in [0, 0.1) is 5.92 Å². The zero-order valence-electron chi connectivity index (χ0n) is 11.6. The van der Waals surface area contributed by atoms with Gasteiger partial charge in [0.05, 0.1) is 12.0 Å². The Morgan fingerprint density at radius 2 is 2.22 bits per heavy atom. The van der Waals surface area contributed by atoms with E-state index in [4.69, 9.17) is 9.84 Å². The molecule has 1 rings (SSSR count). The van der Waals surface area contributed by atoms with Crippen molar-refractivity contribution in [1.82, 2.24) is 10.3 Å². The minimum Gasteiger partial charge on any atom is -0.480 e. The van der Waals surface area contributed by atoms with Crippen molar-refractivity contribution in [1.29, 1.82) is 0 Å². The van der Waals surface area contributed by atoms with Gasteiger partial charge in [0.25, 0.3) is 0 Å². The zero-order valence-corrected chi connectivity index (χ0v) is 12.4. The molecule has 1 aromatic heterocycles. The van der Waals surface area contributed by atoms with E-state index >= 15 is 0 Å². The van der Waals surface area contributed by atoms with Crippen LogP contribution >= 0.6 is 11.3 Å². The third-order valence-corrected chi connectivity index (χ3v) is 3.83. The number of aliphatic hydroxyl groups excluding tert-OH is 1. The minimum absolute atomic E-state index is 0.248. The van der Waals surface area contributed by atoms with Gasteiger partial charge in [0.15, 0.2) is 5.13 Å². The van der Waals surface area contributed by atoms with Gasteiger partial charge in [-0.1, -0.05) is 18.3 Å². The van der Waals surface area contributed by atoms with Gasteiger partial charge in [0, 0.05) is 27.2 Å². The molecule has 1 aromatic rings. The first-order valence-electron chi connectivity index (χ1n) is 6.11. The number of aromatic nitrogens is 1. The average molecular weight is 273 g/mol. The van der Waals surface area contributed by atoms with Crippen molar-refractivity contribution < 1.29 is 9.84 Å². The first-order valence-corrected chi connectivity index (χ1v) is 6.92. The maximum atomic E-state index is 8.84. The van der Waals surface area contributed by atoms with E-state index in [1.54, 1.807) is 18.4 Å². The molecule has 0 amide bonds. The molecule has 0 saturated heterocycles. The Morgan fingerprint density at radius 3 is 2.78 bits per heavy atom. The van der Waals surface area contributed by atoms with E-state index in [1.807, 2.05) is 19.0 Å². The molecular weight excluding hydrogens is 250 g/mol. The summed E-state index contributed by atoms with van der Waals surface area (Å²) in [4.78, 5) is 7.49. The lowest BCUT2D eigenvalue weighted by molar-refractivity contribution is 0.260. The minimum atomic E-state index is 0.248. The fourth-order valence-electron chi connectivity index (χ4n) is 1.54. The monoisotopic (exact) mass is 273 g/mol. The Morgan fingerprint density at radius 1 is 1.50 bits per heavy atom. The highest BCUT2D eigenvalue weighted by Crippen LogP contribution is 2.30. The van der Waals surface area contributed by atoms with Crippen LogP contribution in [0.3, 0.4) is 0 Å². The van der Waals surface area contributed by atoms with Crippen molar-refractivity contribution in [2.24, 2.45) is 5.92 Å².